The average molecular weight is 406 g/mol. The molecule has 2 N–H and O–H groups in total. The van der Waals surface area contributed by atoms with Crippen LogP contribution in [0.1, 0.15) is 17.2 Å². The van der Waals surface area contributed by atoms with Crippen molar-refractivity contribution in [1.82, 2.24) is 15.5 Å². The van der Waals surface area contributed by atoms with Crippen LogP contribution in [0.25, 0.3) is 0 Å². The highest BCUT2D eigenvalue weighted by Gasteiger charge is 2.26. The van der Waals surface area contributed by atoms with Crippen LogP contribution in [0.2, 0.25) is 0 Å². The van der Waals surface area contributed by atoms with E-state index in [4.69, 9.17) is 0 Å². The number of nitrogens with zero attached hydrogens (tertiary/aromatic N) is 1. The van der Waals surface area contributed by atoms with Crippen LogP contribution in [-0.4, -0.2) is 36.5 Å². The van der Waals surface area contributed by atoms with Gasteiger partial charge in [0.05, 0.1) is 6.04 Å². The van der Waals surface area contributed by atoms with Crippen LogP contribution in [0.15, 0.2) is 53.0 Å². The monoisotopic (exact) mass is 405 g/mol. The summed E-state index contributed by atoms with van der Waals surface area (Å²) in [5.41, 5.74) is 1.13. The van der Waals surface area contributed by atoms with Crippen molar-refractivity contribution in [2.75, 3.05) is 19.6 Å². The Hall–Kier alpha value is -2.41. The molecule has 1 saturated heterocycles. The zero-order valence-electron chi connectivity index (χ0n) is 13.3. The molecule has 0 aromatic heterocycles. The van der Waals surface area contributed by atoms with E-state index in [0.29, 0.717) is 23.1 Å². The second-order valence-corrected chi connectivity index (χ2v) is 6.65. The van der Waals surface area contributed by atoms with E-state index in [0.717, 1.165) is 5.56 Å². The fraction of sp³-hybridized carbons (Fsp3) is 0.222. The molecule has 130 valence electrons. The quantitative estimate of drug-likeness (QED) is 0.824. The van der Waals surface area contributed by atoms with E-state index in [1.54, 1.807) is 12.1 Å². The molecule has 0 bridgehead atoms. The summed E-state index contributed by atoms with van der Waals surface area (Å²) in [6.45, 7) is 0.826. The number of piperazine rings is 1. The molecule has 1 aliphatic heterocycles. The summed E-state index contributed by atoms with van der Waals surface area (Å²) in [6.07, 6.45) is 0. The van der Waals surface area contributed by atoms with Crippen molar-refractivity contribution < 1.29 is 14.0 Å². The lowest BCUT2D eigenvalue weighted by atomic mass is 9.98. The molecule has 3 rings (SSSR count). The Bertz CT molecular complexity index is 785. The molecule has 5 nitrogen and oxygen atoms in total. The molecular formula is C18H17BrFN3O2. The highest BCUT2D eigenvalue weighted by molar-refractivity contribution is 9.10. The number of nitrogens with one attached hydrogen (secondary N) is 2. The highest BCUT2D eigenvalue weighted by atomic mass is 79.9. The van der Waals surface area contributed by atoms with Crippen molar-refractivity contribution >= 4 is 27.9 Å². The molecule has 0 unspecified atom stereocenters. The smallest absolute Gasteiger partial charge is 0.318 e. The molecule has 1 atom stereocenters. The number of rotatable bonds is 3. The largest absolute Gasteiger partial charge is 0.353 e. The minimum Gasteiger partial charge on any atom is -0.353 e. The van der Waals surface area contributed by atoms with Gasteiger partial charge in [-0.1, -0.05) is 52.3 Å². The summed E-state index contributed by atoms with van der Waals surface area (Å²) in [6, 6.07) is 12.9. The summed E-state index contributed by atoms with van der Waals surface area (Å²) in [7, 11) is 0. The van der Waals surface area contributed by atoms with Gasteiger partial charge in [0.2, 0.25) is 5.91 Å². The van der Waals surface area contributed by atoms with Crippen molar-refractivity contribution in [3.05, 3.63) is 69.9 Å². The van der Waals surface area contributed by atoms with Crippen molar-refractivity contribution in [2.45, 2.75) is 6.04 Å². The summed E-state index contributed by atoms with van der Waals surface area (Å²) in [4.78, 5) is 25.5. The third kappa shape index (κ3) is 4.17. The zero-order valence-corrected chi connectivity index (χ0v) is 14.9. The van der Waals surface area contributed by atoms with Crippen LogP contribution < -0.4 is 10.6 Å². The number of hydrogen-bond donors (Lipinski definition) is 2. The van der Waals surface area contributed by atoms with Gasteiger partial charge in [-0.2, -0.15) is 0 Å². The van der Waals surface area contributed by atoms with E-state index < -0.39 is 17.9 Å². The maximum absolute atomic E-state index is 14.5. The third-order valence-corrected chi connectivity index (χ3v) is 4.49. The number of benzene rings is 2. The number of carbonyl (C=O) groups excluding carboxylic acids is 2. The fourth-order valence-corrected chi connectivity index (χ4v) is 3.08. The van der Waals surface area contributed by atoms with Gasteiger partial charge in [-0.3, -0.25) is 4.79 Å². The predicted molar refractivity (Wildman–Crippen MR) is 95.5 cm³/mol. The Labute approximate surface area is 153 Å². The summed E-state index contributed by atoms with van der Waals surface area (Å²) < 4.78 is 15.1. The van der Waals surface area contributed by atoms with E-state index in [1.165, 1.54) is 11.0 Å². The van der Waals surface area contributed by atoms with Crippen LogP contribution in [0, 0.1) is 5.82 Å². The molecule has 3 amide bonds. The number of halogens is 2. The van der Waals surface area contributed by atoms with Crippen molar-refractivity contribution in [3.8, 4) is 0 Å². The SMILES string of the molecule is O=C1CN(C(=O)N[C@@H](c2ccccc2)c2ccc(Br)cc2F)CCN1. The van der Waals surface area contributed by atoms with Gasteiger partial charge in [-0.25, -0.2) is 9.18 Å². The van der Waals surface area contributed by atoms with Gasteiger partial charge in [0.25, 0.3) is 0 Å². The average Bonchev–Trinajstić information content (AvgIpc) is 2.61. The van der Waals surface area contributed by atoms with Crippen LogP contribution >= 0.6 is 15.9 Å². The molecule has 1 aliphatic rings. The maximum atomic E-state index is 14.5. The van der Waals surface area contributed by atoms with Gasteiger partial charge in [0, 0.05) is 23.1 Å². The minimum absolute atomic E-state index is 0.00381. The minimum atomic E-state index is -0.646. The third-order valence-electron chi connectivity index (χ3n) is 4.00. The van der Waals surface area contributed by atoms with E-state index in [2.05, 4.69) is 26.6 Å². The Morgan fingerprint density at radius 1 is 1.24 bits per heavy atom. The van der Waals surface area contributed by atoms with E-state index >= 15 is 0 Å². The summed E-state index contributed by atoms with van der Waals surface area (Å²) in [5, 5.41) is 5.52. The van der Waals surface area contributed by atoms with Crippen molar-refractivity contribution in [3.63, 3.8) is 0 Å². The van der Waals surface area contributed by atoms with Crippen LogP contribution in [-0.2, 0) is 4.79 Å². The molecule has 1 heterocycles. The molecule has 0 radical (unpaired) electrons. The van der Waals surface area contributed by atoms with Gasteiger partial charge >= 0.3 is 6.03 Å². The first-order valence-corrected chi connectivity index (χ1v) is 8.66. The number of hydrogen-bond acceptors (Lipinski definition) is 2. The van der Waals surface area contributed by atoms with Crippen LogP contribution in [0.3, 0.4) is 0 Å². The molecule has 0 aliphatic carbocycles. The second kappa shape index (κ2) is 7.65. The molecule has 2 aromatic carbocycles. The van der Waals surface area contributed by atoms with Gasteiger partial charge in [0.1, 0.15) is 12.4 Å². The second-order valence-electron chi connectivity index (χ2n) is 5.73. The summed E-state index contributed by atoms with van der Waals surface area (Å²) >= 11 is 3.24. The van der Waals surface area contributed by atoms with Gasteiger partial charge in [0.15, 0.2) is 0 Å². The summed E-state index contributed by atoms with van der Waals surface area (Å²) in [5.74, 6) is -0.618. The Morgan fingerprint density at radius 2 is 2.00 bits per heavy atom. The van der Waals surface area contributed by atoms with Crippen molar-refractivity contribution in [1.29, 1.82) is 0 Å². The number of amides is 3. The molecule has 0 spiro atoms. The molecule has 2 aromatic rings. The van der Waals surface area contributed by atoms with Gasteiger partial charge < -0.3 is 15.5 Å². The topological polar surface area (TPSA) is 61.4 Å². The van der Waals surface area contributed by atoms with Gasteiger partial charge in [-0.15, -0.1) is 0 Å². The van der Waals surface area contributed by atoms with Gasteiger partial charge in [-0.05, 0) is 17.7 Å². The Balaban J connectivity index is 1.89. The fourth-order valence-electron chi connectivity index (χ4n) is 2.75. The molecular weight excluding hydrogens is 389 g/mol. The lowest BCUT2D eigenvalue weighted by Crippen LogP contribution is -2.53. The van der Waals surface area contributed by atoms with Crippen LogP contribution in [0.4, 0.5) is 9.18 Å². The lowest BCUT2D eigenvalue weighted by Gasteiger charge is -2.29. The standard InChI is InChI=1S/C18H17BrFN3O2/c19-13-6-7-14(15(20)10-13)17(12-4-2-1-3-5-12)22-18(25)23-9-8-21-16(24)11-23/h1-7,10,17H,8-9,11H2,(H,21,24)(H,22,25)/t17-/m0/s1. The van der Waals surface area contributed by atoms with Crippen molar-refractivity contribution in [2.24, 2.45) is 0 Å². The number of carbonyl (C=O) groups is 2. The number of urea groups is 1. The molecule has 1 fully saturated rings. The predicted octanol–water partition coefficient (Wildman–Crippen LogP) is 2.82. The lowest BCUT2D eigenvalue weighted by molar-refractivity contribution is -0.123. The first kappa shape index (κ1) is 17.4. The normalized spacial score (nSPS) is 15.4. The Morgan fingerprint density at radius 3 is 2.68 bits per heavy atom. The Kier molecular flexibility index (Phi) is 5.33. The highest BCUT2D eigenvalue weighted by Crippen LogP contribution is 2.27. The van der Waals surface area contributed by atoms with Crippen LogP contribution in [0.5, 0.6) is 0 Å². The molecule has 7 heteroatoms. The molecule has 0 saturated carbocycles. The first-order valence-electron chi connectivity index (χ1n) is 7.86. The molecule has 25 heavy (non-hydrogen) atoms. The van der Waals surface area contributed by atoms with E-state index in [9.17, 15) is 14.0 Å². The zero-order chi connectivity index (χ0) is 17.8. The van der Waals surface area contributed by atoms with E-state index in [-0.39, 0.29) is 12.5 Å². The maximum Gasteiger partial charge on any atom is 0.318 e. The first-order chi connectivity index (χ1) is 12.0. The van der Waals surface area contributed by atoms with E-state index in [1.807, 2.05) is 30.3 Å².